The molecule has 1 aromatic heterocycles. The van der Waals surface area contributed by atoms with Gasteiger partial charge in [-0.1, -0.05) is 27.5 Å². The molecule has 2 unspecified atom stereocenters. The van der Waals surface area contributed by atoms with Gasteiger partial charge in [-0.2, -0.15) is 0 Å². The molecule has 0 N–H and O–H groups in total. The van der Waals surface area contributed by atoms with Gasteiger partial charge in [0.25, 0.3) is 0 Å². The Kier molecular flexibility index (Phi) is 3.52. The molecule has 2 nitrogen and oxygen atoms in total. The van der Waals surface area contributed by atoms with Crippen molar-refractivity contribution < 1.29 is 9.53 Å². The van der Waals surface area contributed by atoms with Gasteiger partial charge in [-0.05, 0) is 35.2 Å². The molecule has 2 aromatic rings. The van der Waals surface area contributed by atoms with Crippen LogP contribution >= 0.6 is 38.9 Å². The summed E-state index contributed by atoms with van der Waals surface area (Å²) >= 11 is 11.2. The molecule has 0 saturated carbocycles. The molecule has 0 fully saturated rings. The molecule has 0 saturated heterocycles. The Morgan fingerprint density at radius 2 is 2.11 bits per heavy atom. The molecule has 0 amide bonds. The number of ketones is 1. The zero-order valence-electron chi connectivity index (χ0n) is 10.0. The molecule has 98 valence electrons. The first kappa shape index (κ1) is 13.3. The summed E-state index contributed by atoms with van der Waals surface area (Å²) in [6, 6.07) is 7.22. The van der Waals surface area contributed by atoms with E-state index in [4.69, 9.17) is 16.3 Å². The smallest absolute Gasteiger partial charge is 0.194 e. The van der Waals surface area contributed by atoms with E-state index in [1.165, 1.54) is 0 Å². The minimum Gasteiger partial charge on any atom is -0.374 e. The number of benzene rings is 1. The van der Waals surface area contributed by atoms with Gasteiger partial charge in [-0.15, -0.1) is 11.3 Å². The second kappa shape index (κ2) is 5.02. The van der Waals surface area contributed by atoms with Crippen LogP contribution in [0.1, 0.15) is 37.3 Å². The van der Waals surface area contributed by atoms with E-state index < -0.39 is 0 Å². The molecule has 0 bridgehead atoms. The van der Waals surface area contributed by atoms with Gasteiger partial charge in [0.2, 0.25) is 0 Å². The first-order valence-corrected chi connectivity index (χ1v) is 7.89. The van der Waals surface area contributed by atoms with Crippen LogP contribution in [0.5, 0.6) is 0 Å². The van der Waals surface area contributed by atoms with Crippen molar-refractivity contribution in [2.75, 3.05) is 7.11 Å². The predicted molar refractivity (Wildman–Crippen MR) is 80.6 cm³/mol. The monoisotopic (exact) mass is 356 g/mol. The highest BCUT2D eigenvalue weighted by molar-refractivity contribution is 9.09. The fourth-order valence-electron chi connectivity index (χ4n) is 2.37. The number of ether oxygens (including phenoxy) is 1. The maximum Gasteiger partial charge on any atom is 0.194 e. The van der Waals surface area contributed by atoms with E-state index in [0.717, 1.165) is 16.0 Å². The molecule has 2 atom stereocenters. The van der Waals surface area contributed by atoms with Crippen LogP contribution in [0.3, 0.4) is 0 Å². The van der Waals surface area contributed by atoms with Crippen LogP contribution in [-0.4, -0.2) is 12.9 Å². The van der Waals surface area contributed by atoms with E-state index in [-0.39, 0.29) is 16.7 Å². The molecule has 1 aromatic carbocycles. The zero-order valence-corrected chi connectivity index (χ0v) is 13.2. The van der Waals surface area contributed by atoms with Gasteiger partial charge in [-0.25, -0.2) is 0 Å². The topological polar surface area (TPSA) is 26.3 Å². The molecular formula is C14H10BrClO2S. The number of methoxy groups -OCH3 is 1. The van der Waals surface area contributed by atoms with Crippen LogP contribution in [0.15, 0.2) is 29.6 Å². The maximum atomic E-state index is 12.6. The highest BCUT2D eigenvalue weighted by atomic mass is 79.9. The molecule has 1 heterocycles. The lowest BCUT2D eigenvalue weighted by atomic mass is 10.0. The van der Waals surface area contributed by atoms with E-state index >= 15 is 0 Å². The fourth-order valence-corrected chi connectivity index (χ4v) is 4.58. The van der Waals surface area contributed by atoms with E-state index in [1.807, 2.05) is 17.5 Å². The first-order valence-electron chi connectivity index (χ1n) is 5.72. The molecule has 1 aliphatic rings. The number of fused-ring (bicyclic) bond motifs is 2. The van der Waals surface area contributed by atoms with Gasteiger partial charge >= 0.3 is 0 Å². The number of carbonyl (C=O) groups excluding carboxylic acids is 1. The first-order chi connectivity index (χ1) is 9.13. The SMILES string of the molecule is COC1c2sccc2C(=O)c2ccc(Cl)cc2C1Br. The summed E-state index contributed by atoms with van der Waals surface area (Å²) in [5.41, 5.74) is 2.29. The Hall–Kier alpha value is -0.680. The van der Waals surface area contributed by atoms with Crippen molar-refractivity contribution in [1.82, 2.24) is 0 Å². The quantitative estimate of drug-likeness (QED) is 0.687. The van der Waals surface area contributed by atoms with Crippen LogP contribution in [-0.2, 0) is 4.74 Å². The van der Waals surface area contributed by atoms with E-state index in [0.29, 0.717) is 10.6 Å². The molecule has 3 rings (SSSR count). The third-order valence-electron chi connectivity index (χ3n) is 3.27. The van der Waals surface area contributed by atoms with Crippen molar-refractivity contribution in [1.29, 1.82) is 0 Å². The zero-order chi connectivity index (χ0) is 13.6. The van der Waals surface area contributed by atoms with Gasteiger partial charge in [0.15, 0.2) is 5.78 Å². The Morgan fingerprint density at radius 3 is 2.84 bits per heavy atom. The lowest BCUT2D eigenvalue weighted by Gasteiger charge is -2.20. The average molecular weight is 358 g/mol. The van der Waals surface area contributed by atoms with Crippen LogP contribution < -0.4 is 0 Å². The highest BCUT2D eigenvalue weighted by Crippen LogP contribution is 2.46. The number of thiophene rings is 1. The Morgan fingerprint density at radius 1 is 1.32 bits per heavy atom. The second-order valence-electron chi connectivity index (χ2n) is 4.32. The standard InChI is InChI=1S/C14H10BrClO2S/c1-18-13-11(15)10-6-7(16)2-3-8(10)12(17)9-4-5-19-14(9)13/h2-6,11,13H,1H3. The van der Waals surface area contributed by atoms with Gasteiger partial charge in [0.05, 0.1) is 4.83 Å². The van der Waals surface area contributed by atoms with E-state index in [2.05, 4.69) is 15.9 Å². The number of carbonyl (C=O) groups is 1. The summed E-state index contributed by atoms with van der Waals surface area (Å²) in [7, 11) is 1.66. The molecule has 5 heteroatoms. The van der Waals surface area contributed by atoms with Crippen LogP contribution in [0.4, 0.5) is 0 Å². The summed E-state index contributed by atoms with van der Waals surface area (Å²) < 4.78 is 5.58. The molecule has 0 spiro atoms. The van der Waals surface area contributed by atoms with Crippen LogP contribution in [0.25, 0.3) is 0 Å². The minimum absolute atomic E-state index is 0.0342. The largest absolute Gasteiger partial charge is 0.374 e. The van der Waals surface area contributed by atoms with Crippen LogP contribution in [0.2, 0.25) is 5.02 Å². The third-order valence-corrected chi connectivity index (χ3v) is 5.46. The normalized spacial score (nSPS) is 21.7. The Labute approximate surface area is 128 Å². The Balaban J connectivity index is 2.28. The third kappa shape index (κ3) is 2.07. The molecule has 0 aliphatic heterocycles. The lowest BCUT2D eigenvalue weighted by Crippen LogP contribution is -2.06. The molecular weight excluding hydrogens is 348 g/mol. The van der Waals surface area contributed by atoms with Gasteiger partial charge in [0.1, 0.15) is 6.10 Å². The van der Waals surface area contributed by atoms with Crippen molar-refractivity contribution in [3.8, 4) is 0 Å². The van der Waals surface area contributed by atoms with Gasteiger partial charge < -0.3 is 4.74 Å². The number of rotatable bonds is 1. The summed E-state index contributed by atoms with van der Waals surface area (Å²) in [6.07, 6.45) is -0.182. The summed E-state index contributed by atoms with van der Waals surface area (Å²) in [5, 5.41) is 2.55. The van der Waals surface area contributed by atoms with Crippen molar-refractivity contribution in [3.05, 3.63) is 56.2 Å². The van der Waals surface area contributed by atoms with Gasteiger partial charge in [-0.3, -0.25) is 4.79 Å². The van der Waals surface area contributed by atoms with Crippen molar-refractivity contribution in [2.24, 2.45) is 0 Å². The summed E-state index contributed by atoms with van der Waals surface area (Å²) in [4.78, 5) is 13.5. The lowest BCUT2D eigenvalue weighted by molar-refractivity contribution is 0.101. The summed E-state index contributed by atoms with van der Waals surface area (Å²) in [6.45, 7) is 0. The molecule has 1 aliphatic carbocycles. The van der Waals surface area contributed by atoms with Crippen molar-refractivity contribution in [3.63, 3.8) is 0 Å². The van der Waals surface area contributed by atoms with Crippen LogP contribution in [0, 0.1) is 0 Å². The fraction of sp³-hybridized carbons (Fsp3) is 0.214. The summed E-state index contributed by atoms with van der Waals surface area (Å²) in [5.74, 6) is 0.0342. The van der Waals surface area contributed by atoms with E-state index in [1.54, 1.807) is 30.6 Å². The minimum atomic E-state index is -0.182. The molecule has 19 heavy (non-hydrogen) atoms. The number of hydrogen-bond donors (Lipinski definition) is 0. The highest BCUT2D eigenvalue weighted by Gasteiger charge is 2.34. The number of halogens is 2. The van der Waals surface area contributed by atoms with E-state index in [9.17, 15) is 4.79 Å². The second-order valence-corrected chi connectivity index (χ2v) is 6.69. The average Bonchev–Trinajstić information content (AvgIpc) is 2.85. The Bertz CT molecular complexity index is 653. The number of hydrogen-bond acceptors (Lipinski definition) is 3. The predicted octanol–water partition coefficient (Wildman–Crippen LogP) is 4.77. The maximum absolute atomic E-state index is 12.6. The van der Waals surface area contributed by atoms with Crippen molar-refractivity contribution in [2.45, 2.75) is 10.9 Å². The number of alkyl halides is 1. The van der Waals surface area contributed by atoms with Gasteiger partial charge in [0, 0.05) is 28.1 Å². The molecule has 0 radical (unpaired) electrons. The van der Waals surface area contributed by atoms with Crippen molar-refractivity contribution >= 4 is 44.7 Å².